The second-order valence-electron chi connectivity index (χ2n) is 4.36. The zero-order valence-corrected chi connectivity index (χ0v) is 10.3. The van der Waals surface area contributed by atoms with Crippen LogP contribution in [0.25, 0.3) is 0 Å². The molecule has 2 heterocycles. The number of hydrogen-bond acceptors (Lipinski definition) is 2. The van der Waals surface area contributed by atoms with Crippen molar-refractivity contribution in [2.24, 2.45) is 0 Å². The summed E-state index contributed by atoms with van der Waals surface area (Å²) >= 11 is 5.71. The maximum atomic E-state index is 13.0. The van der Waals surface area contributed by atoms with Gasteiger partial charge in [0.05, 0.1) is 11.6 Å². The Hall–Kier alpha value is -1.62. The molecule has 18 heavy (non-hydrogen) atoms. The Balaban J connectivity index is 1.93. The SMILES string of the molecule is O=c1n(Cc2ccc(F)c(Cl)c2)nc2n1CCC2. The Morgan fingerprint density at radius 1 is 1.44 bits per heavy atom. The van der Waals surface area contributed by atoms with Gasteiger partial charge in [-0.3, -0.25) is 4.57 Å². The summed E-state index contributed by atoms with van der Waals surface area (Å²) in [7, 11) is 0. The van der Waals surface area contributed by atoms with Crippen LogP contribution in [-0.4, -0.2) is 14.3 Å². The second-order valence-corrected chi connectivity index (χ2v) is 4.77. The molecule has 1 aliphatic rings. The third kappa shape index (κ3) is 1.84. The fourth-order valence-corrected chi connectivity index (χ4v) is 2.41. The van der Waals surface area contributed by atoms with Crippen molar-refractivity contribution in [3.05, 3.63) is 50.9 Å². The van der Waals surface area contributed by atoms with Gasteiger partial charge in [0.15, 0.2) is 0 Å². The van der Waals surface area contributed by atoms with Gasteiger partial charge in [-0.1, -0.05) is 17.7 Å². The van der Waals surface area contributed by atoms with Gasteiger partial charge in [0.1, 0.15) is 11.6 Å². The van der Waals surface area contributed by atoms with Gasteiger partial charge in [0.25, 0.3) is 0 Å². The fraction of sp³-hybridized carbons (Fsp3) is 0.333. The van der Waals surface area contributed by atoms with Crippen LogP contribution in [-0.2, 0) is 19.5 Å². The van der Waals surface area contributed by atoms with Crippen molar-refractivity contribution in [1.82, 2.24) is 14.3 Å². The lowest BCUT2D eigenvalue weighted by molar-refractivity contribution is 0.605. The maximum absolute atomic E-state index is 13.0. The first-order chi connectivity index (χ1) is 8.65. The molecule has 0 bridgehead atoms. The van der Waals surface area contributed by atoms with Crippen molar-refractivity contribution in [1.29, 1.82) is 0 Å². The predicted molar refractivity (Wildman–Crippen MR) is 65.3 cm³/mol. The minimum Gasteiger partial charge on any atom is -0.279 e. The lowest BCUT2D eigenvalue weighted by Crippen LogP contribution is -2.24. The molecule has 6 heteroatoms. The third-order valence-corrected chi connectivity index (χ3v) is 3.39. The highest BCUT2D eigenvalue weighted by Gasteiger charge is 2.18. The lowest BCUT2D eigenvalue weighted by Gasteiger charge is -2.02. The van der Waals surface area contributed by atoms with Gasteiger partial charge < -0.3 is 0 Å². The minimum absolute atomic E-state index is 0.0623. The van der Waals surface area contributed by atoms with Gasteiger partial charge in [0.2, 0.25) is 0 Å². The van der Waals surface area contributed by atoms with Crippen molar-refractivity contribution in [2.45, 2.75) is 25.9 Å². The Kier molecular flexibility index (Phi) is 2.70. The largest absolute Gasteiger partial charge is 0.346 e. The van der Waals surface area contributed by atoms with E-state index in [1.54, 1.807) is 10.6 Å². The van der Waals surface area contributed by atoms with Crippen LogP contribution in [0.4, 0.5) is 4.39 Å². The van der Waals surface area contributed by atoms with Gasteiger partial charge in [-0.2, -0.15) is 5.10 Å². The highest BCUT2D eigenvalue weighted by Crippen LogP contribution is 2.16. The summed E-state index contributed by atoms with van der Waals surface area (Å²) in [6, 6.07) is 4.43. The van der Waals surface area contributed by atoms with E-state index in [1.165, 1.54) is 16.8 Å². The predicted octanol–water partition coefficient (Wildman–Crippen LogP) is 1.83. The first-order valence-electron chi connectivity index (χ1n) is 5.75. The average molecular weight is 268 g/mol. The van der Waals surface area contributed by atoms with Crippen molar-refractivity contribution < 1.29 is 4.39 Å². The van der Waals surface area contributed by atoms with Crippen LogP contribution in [0.3, 0.4) is 0 Å². The molecule has 0 fully saturated rings. The first-order valence-corrected chi connectivity index (χ1v) is 6.13. The number of fused-ring (bicyclic) bond motifs is 1. The number of benzene rings is 1. The third-order valence-electron chi connectivity index (χ3n) is 3.10. The van der Waals surface area contributed by atoms with Crippen molar-refractivity contribution in [3.63, 3.8) is 0 Å². The molecular weight excluding hydrogens is 257 g/mol. The fourth-order valence-electron chi connectivity index (χ4n) is 2.20. The molecule has 3 rings (SSSR count). The van der Waals surface area contributed by atoms with Crippen molar-refractivity contribution in [2.75, 3.05) is 0 Å². The van der Waals surface area contributed by atoms with E-state index in [0.29, 0.717) is 6.54 Å². The number of hydrogen-bond donors (Lipinski definition) is 0. The Bertz CT molecular complexity index is 662. The number of aromatic nitrogens is 3. The Morgan fingerprint density at radius 3 is 3.00 bits per heavy atom. The molecule has 0 N–H and O–H groups in total. The van der Waals surface area contributed by atoms with E-state index in [0.717, 1.165) is 30.8 Å². The molecule has 4 nitrogen and oxygen atoms in total. The molecule has 0 unspecified atom stereocenters. The van der Waals surface area contributed by atoms with Crippen LogP contribution in [0.5, 0.6) is 0 Å². The molecule has 0 amide bonds. The Morgan fingerprint density at radius 2 is 2.28 bits per heavy atom. The standard InChI is InChI=1S/C12H11ClFN3O/c13-9-6-8(3-4-10(9)14)7-17-12(18)16-5-1-2-11(16)15-17/h3-4,6H,1-2,5,7H2. The van der Waals surface area contributed by atoms with E-state index in [1.807, 2.05) is 0 Å². The zero-order valence-electron chi connectivity index (χ0n) is 9.57. The summed E-state index contributed by atoms with van der Waals surface area (Å²) in [4.78, 5) is 12.0. The van der Waals surface area contributed by atoms with Crippen LogP contribution in [0.2, 0.25) is 5.02 Å². The molecule has 1 aromatic heterocycles. The Labute approximate surface area is 108 Å². The summed E-state index contributed by atoms with van der Waals surface area (Å²) in [6.45, 7) is 1.05. The van der Waals surface area contributed by atoms with E-state index in [4.69, 9.17) is 11.6 Å². The van der Waals surface area contributed by atoms with Crippen molar-refractivity contribution in [3.8, 4) is 0 Å². The van der Waals surface area contributed by atoms with E-state index in [2.05, 4.69) is 5.10 Å². The second kappa shape index (κ2) is 4.24. The number of rotatable bonds is 2. The summed E-state index contributed by atoms with van der Waals surface area (Å²) in [5, 5.41) is 4.33. The first kappa shape index (κ1) is 11.5. The monoisotopic (exact) mass is 267 g/mol. The molecule has 1 aliphatic heterocycles. The summed E-state index contributed by atoms with van der Waals surface area (Å²) < 4.78 is 16.1. The molecule has 2 aromatic rings. The van der Waals surface area contributed by atoms with Crippen LogP contribution in [0, 0.1) is 5.82 Å². The van der Waals surface area contributed by atoms with E-state index >= 15 is 0 Å². The van der Waals surface area contributed by atoms with Gasteiger partial charge in [-0.15, -0.1) is 0 Å². The molecule has 0 radical (unpaired) electrons. The normalized spacial score (nSPS) is 13.9. The summed E-state index contributed by atoms with van der Waals surface area (Å²) in [5.74, 6) is 0.369. The summed E-state index contributed by atoms with van der Waals surface area (Å²) in [6.07, 6.45) is 1.81. The molecule has 1 aromatic carbocycles. The smallest absolute Gasteiger partial charge is 0.279 e. The quantitative estimate of drug-likeness (QED) is 0.833. The molecule has 0 atom stereocenters. The molecule has 94 valence electrons. The molecule has 0 saturated carbocycles. The average Bonchev–Trinajstić information content (AvgIpc) is 2.89. The molecular formula is C12H11ClFN3O. The molecule has 0 saturated heterocycles. The lowest BCUT2D eigenvalue weighted by atomic mass is 10.2. The number of halogens is 2. The van der Waals surface area contributed by atoms with Gasteiger partial charge in [-0.05, 0) is 24.1 Å². The van der Waals surface area contributed by atoms with Crippen LogP contribution in [0.15, 0.2) is 23.0 Å². The van der Waals surface area contributed by atoms with E-state index in [9.17, 15) is 9.18 Å². The summed E-state index contributed by atoms with van der Waals surface area (Å²) in [5.41, 5.74) is 0.656. The number of aryl methyl sites for hydroxylation is 1. The van der Waals surface area contributed by atoms with E-state index < -0.39 is 5.82 Å². The molecule has 0 spiro atoms. The topological polar surface area (TPSA) is 39.8 Å². The van der Waals surface area contributed by atoms with Gasteiger partial charge >= 0.3 is 5.69 Å². The van der Waals surface area contributed by atoms with Crippen LogP contribution < -0.4 is 5.69 Å². The maximum Gasteiger partial charge on any atom is 0.346 e. The highest BCUT2D eigenvalue weighted by molar-refractivity contribution is 6.30. The zero-order chi connectivity index (χ0) is 12.7. The van der Waals surface area contributed by atoms with E-state index in [-0.39, 0.29) is 10.7 Å². The number of nitrogens with zero attached hydrogens (tertiary/aromatic N) is 3. The highest BCUT2D eigenvalue weighted by atomic mass is 35.5. The van der Waals surface area contributed by atoms with Gasteiger partial charge in [0, 0.05) is 13.0 Å². The van der Waals surface area contributed by atoms with Gasteiger partial charge in [-0.25, -0.2) is 13.9 Å². The minimum atomic E-state index is -0.458. The van der Waals surface area contributed by atoms with Crippen LogP contribution in [0.1, 0.15) is 17.8 Å². The van der Waals surface area contributed by atoms with Crippen LogP contribution >= 0.6 is 11.6 Å². The van der Waals surface area contributed by atoms with Crippen molar-refractivity contribution >= 4 is 11.6 Å². The molecule has 0 aliphatic carbocycles.